The third-order valence-electron chi connectivity index (χ3n) is 1.65. The summed E-state index contributed by atoms with van der Waals surface area (Å²) in [7, 11) is 0. The SMILES string of the molecule is O=C(O)N1SN=Cc2ccccc21. The number of hydrogen-bond acceptors (Lipinski definition) is 3. The summed E-state index contributed by atoms with van der Waals surface area (Å²) >= 11 is 0.917. The highest BCUT2D eigenvalue weighted by Gasteiger charge is 2.20. The zero-order valence-corrected chi connectivity index (χ0v) is 7.36. The van der Waals surface area contributed by atoms with Gasteiger partial charge in [-0.05, 0) is 6.07 Å². The maximum atomic E-state index is 10.7. The first-order valence-corrected chi connectivity index (χ1v) is 4.34. The third kappa shape index (κ3) is 1.38. The van der Waals surface area contributed by atoms with Crippen LogP contribution >= 0.6 is 12.1 Å². The summed E-state index contributed by atoms with van der Waals surface area (Å²) in [5, 5.41) is 8.82. The van der Waals surface area contributed by atoms with E-state index < -0.39 is 6.09 Å². The highest BCUT2D eigenvalue weighted by molar-refractivity contribution is 8.00. The van der Waals surface area contributed by atoms with Crippen LogP contribution in [0.4, 0.5) is 10.5 Å². The summed E-state index contributed by atoms with van der Waals surface area (Å²) in [4.78, 5) is 10.7. The average Bonchev–Trinajstić information content (AvgIpc) is 2.17. The normalized spacial score (nSPS) is 14.0. The van der Waals surface area contributed by atoms with Crippen molar-refractivity contribution in [1.82, 2.24) is 0 Å². The van der Waals surface area contributed by atoms with Crippen LogP contribution in [0.15, 0.2) is 28.7 Å². The first kappa shape index (κ1) is 8.12. The van der Waals surface area contributed by atoms with Gasteiger partial charge in [0.05, 0.1) is 5.69 Å². The van der Waals surface area contributed by atoms with Crippen LogP contribution in [0.2, 0.25) is 0 Å². The number of carboxylic acid groups (broad SMARTS) is 1. The smallest absolute Gasteiger partial charge is 0.423 e. The standard InChI is InChI=1S/C8H6N2O2S/c11-8(12)10-7-4-2-1-3-6(7)5-9-13-10/h1-5H,(H,11,12). The fourth-order valence-corrected chi connectivity index (χ4v) is 1.67. The molecule has 1 N–H and O–H groups in total. The van der Waals surface area contributed by atoms with E-state index in [0.29, 0.717) is 5.69 Å². The topological polar surface area (TPSA) is 52.9 Å². The molecule has 66 valence electrons. The molecule has 0 fully saturated rings. The molecule has 4 nitrogen and oxygen atoms in total. The lowest BCUT2D eigenvalue weighted by molar-refractivity contribution is 0.206. The minimum absolute atomic E-state index is 0.662. The lowest BCUT2D eigenvalue weighted by atomic mass is 10.2. The van der Waals surface area contributed by atoms with E-state index in [2.05, 4.69) is 4.40 Å². The van der Waals surface area contributed by atoms with Crippen LogP contribution in [0.5, 0.6) is 0 Å². The molecule has 0 aliphatic carbocycles. The lowest BCUT2D eigenvalue weighted by Gasteiger charge is -2.19. The molecule has 5 heteroatoms. The summed E-state index contributed by atoms with van der Waals surface area (Å²) in [5.74, 6) is 0. The quantitative estimate of drug-likeness (QED) is 0.644. The van der Waals surface area contributed by atoms with Crippen molar-refractivity contribution in [2.75, 3.05) is 4.31 Å². The zero-order valence-electron chi connectivity index (χ0n) is 6.54. The number of rotatable bonds is 0. The number of benzene rings is 1. The van der Waals surface area contributed by atoms with Crippen LogP contribution in [0.1, 0.15) is 5.56 Å². The molecule has 0 bridgehead atoms. The van der Waals surface area contributed by atoms with Gasteiger partial charge < -0.3 is 5.11 Å². The molecular formula is C8H6N2O2S. The molecule has 1 aliphatic rings. The molecule has 1 amide bonds. The van der Waals surface area contributed by atoms with Gasteiger partial charge in [0.1, 0.15) is 12.1 Å². The van der Waals surface area contributed by atoms with E-state index in [0.717, 1.165) is 22.0 Å². The number of amides is 1. The summed E-state index contributed by atoms with van der Waals surface area (Å²) in [6.07, 6.45) is 0.647. The Bertz CT molecular complexity index is 378. The first-order valence-electron chi connectivity index (χ1n) is 3.61. The molecule has 1 aromatic carbocycles. The van der Waals surface area contributed by atoms with Crippen LogP contribution in [0.25, 0.3) is 0 Å². The number of carbonyl (C=O) groups is 1. The minimum atomic E-state index is -1.01. The van der Waals surface area contributed by atoms with E-state index in [1.165, 1.54) is 0 Å². The van der Waals surface area contributed by atoms with Crippen molar-refractivity contribution in [3.8, 4) is 0 Å². The molecule has 2 rings (SSSR count). The van der Waals surface area contributed by atoms with Crippen molar-refractivity contribution in [2.45, 2.75) is 0 Å². The van der Waals surface area contributed by atoms with Gasteiger partial charge in [0, 0.05) is 11.8 Å². The van der Waals surface area contributed by atoms with Gasteiger partial charge >= 0.3 is 6.09 Å². The zero-order chi connectivity index (χ0) is 9.26. The molecule has 0 atom stereocenters. The highest BCUT2D eigenvalue weighted by Crippen LogP contribution is 2.29. The highest BCUT2D eigenvalue weighted by atomic mass is 32.2. The molecule has 1 aromatic rings. The lowest BCUT2D eigenvalue weighted by Crippen LogP contribution is -2.23. The second-order valence-corrected chi connectivity index (χ2v) is 3.19. The van der Waals surface area contributed by atoms with E-state index in [-0.39, 0.29) is 0 Å². The molecule has 0 unspecified atom stereocenters. The van der Waals surface area contributed by atoms with Crippen LogP contribution in [-0.2, 0) is 0 Å². The number of fused-ring (bicyclic) bond motifs is 1. The molecule has 0 spiro atoms. The minimum Gasteiger partial charge on any atom is -0.464 e. The van der Waals surface area contributed by atoms with Gasteiger partial charge in [-0.2, -0.15) is 4.31 Å². The van der Waals surface area contributed by atoms with Crippen molar-refractivity contribution >= 4 is 30.1 Å². The molecule has 1 heterocycles. The van der Waals surface area contributed by atoms with E-state index in [9.17, 15) is 4.79 Å². The van der Waals surface area contributed by atoms with Crippen molar-refractivity contribution in [2.24, 2.45) is 4.40 Å². The Morgan fingerprint density at radius 3 is 3.00 bits per heavy atom. The van der Waals surface area contributed by atoms with Gasteiger partial charge in [-0.15, -0.1) is 0 Å². The average molecular weight is 194 g/mol. The second-order valence-electron chi connectivity index (χ2n) is 2.45. The first-order chi connectivity index (χ1) is 6.29. The molecule has 0 aromatic heterocycles. The molecular weight excluding hydrogens is 188 g/mol. The monoisotopic (exact) mass is 194 g/mol. The summed E-state index contributed by atoms with van der Waals surface area (Å²) in [6.45, 7) is 0. The summed E-state index contributed by atoms with van der Waals surface area (Å²) in [5.41, 5.74) is 1.48. The Labute approximate surface area is 79.2 Å². The van der Waals surface area contributed by atoms with Gasteiger partial charge in [0.25, 0.3) is 0 Å². The van der Waals surface area contributed by atoms with Crippen LogP contribution < -0.4 is 4.31 Å². The Hall–Kier alpha value is -1.49. The number of para-hydroxylation sites is 1. The van der Waals surface area contributed by atoms with Crippen molar-refractivity contribution < 1.29 is 9.90 Å². The van der Waals surface area contributed by atoms with Gasteiger partial charge in [0.2, 0.25) is 0 Å². The van der Waals surface area contributed by atoms with E-state index in [4.69, 9.17) is 5.11 Å². The Morgan fingerprint density at radius 2 is 2.23 bits per heavy atom. The molecule has 1 aliphatic heterocycles. The summed E-state index contributed by atoms with van der Waals surface area (Å²) in [6, 6.07) is 7.23. The Morgan fingerprint density at radius 1 is 1.46 bits per heavy atom. The maximum Gasteiger partial charge on any atom is 0.423 e. The maximum absolute atomic E-state index is 10.7. The Balaban J connectivity index is 2.49. The van der Waals surface area contributed by atoms with Crippen molar-refractivity contribution in [3.05, 3.63) is 29.8 Å². The fraction of sp³-hybridized carbons (Fsp3) is 0. The second kappa shape index (κ2) is 3.10. The number of anilines is 1. The largest absolute Gasteiger partial charge is 0.464 e. The number of hydrogen-bond donors (Lipinski definition) is 1. The third-order valence-corrected chi connectivity index (χ3v) is 2.37. The summed E-state index contributed by atoms with van der Waals surface area (Å²) < 4.78 is 4.99. The van der Waals surface area contributed by atoms with Crippen molar-refractivity contribution in [1.29, 1.82) is 0 Å². The van der Waals surface area contributed by atoms with Crippen molar-refractivity contribution in [3.63, 3.8) is 0 Å². The predicted octanol–water partition coefficient (Wildman–Crippen LogP) is 2.17. The molecule has 0 radical (unpaired) electrons. The van der Waals surface area contributed by atoms with Crippen LogP contribution in [-0.4, -0.2) is 17.4 Å². The molecule has 0 saturated heterocycles. The fourth-order valence-electron chi connectivity index (χ4n) is 1.09. The van der Waals surface area contributed by atoms with E-state index in [1.54, 1.807) is 18.3 Å². The Kier molecular flexibility index (Phi) is 1.94. The molecule has 13 heavy (non-hydrogen) atoms. The van der Waals surface area contributed by atoms with Gasteiger partial charge in [-0.1, -0.05) is 18.2 Å². The van der Waals surface area contributed by atoms with Crippen LogP contribution in [0.3, 0.4) is 0 Å². The number of nitrogens with zero attached hydrogens (tertiary/aromatic N) is 2. The van der Waals surface area contributed by atoms with E-state index in [1.807, 2.05) is 12.1 Å². The van der Waals surface area contributed by atoms with E-state index >= 15 is 0 Å². The molecule has 0 saturated carbocycles. The van der Waals surface area contributed by atoms with Gasteiger partial charge in [-0.25, -0.2) is 9.19 Å². The van der Waals surface area contributed by atoms with Gasteiger partial charge in [0.15, 0.2) is 0 Å². The van der Waals surface area contributed by atoms with Gasteiger partial charge in [-0.3, -0.25) is 0 Å². The predicted molar refractivity (Wildman–Crippen MR) is 52.1 cm³/mol. The van der Waals surface area contributed by atoms with Crippen LogP contribution in [0, 0.1) is 0 Å².